The summed E-state index contributed by atoms with van der Waals surface area (Å²) in [7, 11) is 0. The van der Waals surface area contributed by atoms with Gasteiger partial charge in [0.25, 0.3) is 0 Å². The Hall–Kier alpha value is -1.55. The molecule has 0 radical (unpaired) electrons. The molecular formula is C15H20ClN3O. The molecule has 1 amide bonds. The van der Waals surface area contributed by atoms with Crippen LogP contribution in [0.1, 0.15) is 44.9 Å². The molecule has 0 bridgehead atoms. The molecule has 0 saturated carbocycles. The van der Waals surface area contributed by atoms with Crippen molar-refractivity contribution in [3.05, 3.63) is 30.1 Å². The van der Waals surface area contributed by atoms with E-state index in [2.05, 4.69) is 10.3 Å². The van der Waals surface area contributed by atoms with Gasteiger partial charge in [-0.15, -0.1) is 11.6 Å². The van der Waals surface area contributed by atoms with E-state index in [0.29, 0.717) is 0 Å². The van der Waals surface area contributed by atoms with E-state index in [9.17, 15) is 4.79 Å². The summed E-state index contributed by atoms with van der Waals surface area (Å²) in [6, 6.07) is 7.53. The first-order valence-corrected chi connectivity index (χ1v) is 7.26. The molecule has 4 nitrogen and oxygen atoms in total. The monoisotopic (exact) mass is 293 g/mol. The van der Waals surface area contributed by atoms with Gasteiger partial charge in [-0.25, -0.2) is 4.98 Å². The van der Waals surface area contributed by atoms with Crippen LogP contribution < -0.4 is 5.32 Å². The summed E-state index contributed by atoms with van der Waals surface area (Å²) in [5.41, 5.74) is 1.79. The molecular weight excluding hydrogens is 274 g/mol. The predicted molar refractivity (Wildman–Crippen MR) is 82.0 cm³/mol. The Kier molecular flexibility index (Phi) is 4.33. The van der Waals surface area contributed by atoms with Crippen molar-refractivity contribution in [2.45, 2.75) is 45.2 Å². The van der Waals surface area contributed by atoms with Crippen LogP contribution in [0.3, 0.4) is 0 Å². The van der Waals surface area contributed by atoms with Crippen LogP contribution in [-0.2, 0) is 4.79 Å². The average molecular weight is 294 g/mol. The van der Waals surface area contributed by atoms with Crippen LogP contribution in [0.5, 0.6) is 0 Å². The van der Waals surface area contributed by atoms with Gasteiger partial charge in [-0.2, -0.15) is 0 Å². The van der Waals surface area contributed by atoms with Crippen molar-refractivity contribution < 1.29 is 4.79 Å². The highest BCUT2D eigenvalue weighted by molar-refractivity contribution is 6.20. The fourth-order valence-corrected chi connectivity index (χ4v) is 2.43. The number of halogens is 1. The van der Waals surface area contributed by atoms with Crippen molar-refractivity contribution >= 4 is 28.5 Å². The molecule has 0 spiro atoms. The number of fused-ring (bicyclic) bond motifs is 1. The number of para-hydroxylation sites is 2. The van der Waals surface area contributed by atoms with Crippen molar-refractivity contribution in [1.29, 1.82) is 0 Å². The number of amides is 1. The lowest BCUT2D eigenvalue weighted by molar-refractivity contribution is -0.124. The maximum absolute atomic E-state index is 12.3. The number of hydrogen-bond donors (Lipinski definition) is 1. The summed E-state index contributed by atoms with van der Waals surface area (Å²) in [6.45, 7) is 7.63. The van der Waals surface area contributed by atoms with E-state index in [1.165, 1.54) is 0 Å². The zero-order valence-electron chi connectivity index (χ0n) is 12.2. The first-order chi connectivity index (χ1) is 9.41. The molecule has 108 valence electrons. The highest BCUT2D eigenvalue weighted by atomic mass is 35.5. The first-order valence-electron chi connectivity index (χ1n) is 6.83. The van der Waals surface area contributed by atoms with Crippen molar-refractivity contribution in [3.8, 4) is 0 Å². The molecule has 20 heavy (non-hydrogen) atoms. The minimum Gasteiger partial charge on any atom is -0.352 e. The van der Waals surface area contributed by atoms with Crippen molar-refractivity contribution in [1.82, 2.24) is 14.9 Å². The largest absolute Gasteiger partial charge is 0.352 e. The molecule has 0 fully saturated rings. The van der Waals surface area contributed by atoms with Gasteiger partial charge in [-0.3, -0.25) is 4.79 Å². The number of benzene rings is 1. The van der Waals surface area contributed by atoms with E-state index in [1.807, 2.05) is 56.5 Å². The molecule has 1 N–H and O–H groups in total. The van der Waals surface area contributed by atoms with Crippen molar-refractivity contribution in [2.75, 3.05) is 0 Å². The summed E-state index contributed by atoms with van der Waals surface area (Å²) in [5, 5.41) is 2.68. The van der Waals surface area contributed by atoms with Gasteiger partial charge >= 0.3 is 0 Å². The van der Waals surface area contributed by atoms with Crippen molar-refractivity contribution in [3.63, 3.8) is 0 Å². The molecule has 0 aliphatic heterocycles. The molecule has 2 atom stereocenters. The quantitative estimate of drug-likeness (QED) is 0.878. The first kappa shape index (κ1) is 14.9. The summed E-state index contributed by atoms with van der Waals surface area (Å²) in [4.78, 5) is 16.8. The second kappa shape index (κ2) is 5.83. The molecule has 1 heterocycles. The van der Waals surface area contributed by atoms with E-state index >= 15 is 0 Å². The fourth-order valence-electron chi connectivity index (χ4n) is 2.27. The van der Waals surface area contributed by atoms with Gasteiger partial charge in [0, 0.05) is 6.04 Å². The van der Waals surface area contributed by atoms with Crippen LogP contribution in [0.2, 0.25) is 0 Å². The Morgan fingerprint density at radius 3 is 2.50 bits per heavy atom. The number of nitrogens with one attached hydrogen (secondary N) is 1. The predicted octanol–water partition coefficient (Wildman–Crippen LogP) is 3.42. The zero-order chi connectivity index (χ0) is 14.9. The van der Waals surface area contributed by atoms with Crippen LogP contribution in [-0.4, -0.2) is 21.5 Å². The Morgan fingerprint density at radius 2 is 1.90 bits per heavy atom. The second-order valence-corrected chi connectivity index (χ2v) is 5.94. The Labute approximate surface area is 124 Å². The third-order valence-corrected chi connectivity index (χ3v) is 3.37. The molecule has 2 aromatic rings. The Morgan fingerprint density at radius 1 is 1.25 bits per heavy atom. The maximum atomic E-state index is 12.3. The topological polar surface area (TPSA) is 46.9 Å². The number of rotatable bonds is 4. The molecule has 0 aliphatic carbocycles. The van der Waals surface area contributed by atoms with Crippen LogP contribution in [0, 0.1) is 0 Å². The van der Waals surface area contributed by atoms with Gasteiger partial charge < -0.3 is 9.88 Å². The van der Waals surface area contributed by atoms with Gasteiger partial charge in [-0.1, -0.05) is 12.1 Å². The highest BCUT2D eigenvalue weighted by Crippen LogP contribution is 2.28. The standard InChI is InChI=1S/C15H20ClN3O/c1-9(2)17-15(20)11(4)19-13-8-6-5-7-12(13)18-14(19)10(3)16/h5-11H,1-4H3,(H,17,20). The Bertz CT molecular complexity index is 619. The highest BCUT2D eigenvalue weighted by Gasteiger charge is 2.23. The van der Waals surface area contributed by atoms with Crippen molar-refractivity contribution in [2.24, 2.45) is 0 Å². The zero-order valence-corrected chi connectivity index (χ0v) is 13.0. The molecule has 1 aromatic heterocycles. The summed E-state index contributed by atoms with van der Waals surface area (Å²) in [6.07, 6.45) is 0. The lowest BCUT2D eigenvalue weighted by Gasteiger charge is -2.19. The second-order valence-electron chi connectivity index (χ2n) is 5.28. The van der Waals surface area contributed by atoms with Gasteiger partial charge in [0.05, 0.1) is 16.4 Å². The van der Waals surface area contributed by atoms with E-state index in [-0.39, 0.29) is 23.4 Å². The lowest BCUT2D eigenvalue weighted by Crippen LogP contribution is -2.36. The number of carbonyl (C=O) groups is 1. The summed E-state index contributed by atoms with van der Waals surface area (Å²) >= 11 is 6.22. The number of imidazole rings is 1. The SMILES string of the molecule is CC(C)NC(=O)C(C)n1c(C(C)Cl)nc2ccccc21. The average Bonchev–Trinajstić information content (AvgIpc) is 2.76. The van der Waals surface area contributed by atoms with Gasteiger partial charge in [0.15, 0.2) is 0 Å². The number of nitrogens with zero attached hydrogens (tertiary/aromatic N) is 2. The maximum Gasteiger partial charge on any atom is 0.243 e. The van der Waals surface area contributed by atoms with E-state index in [1.54, 1.807) is 0 Å². The molecule has 2 unspecified atom stereocenters. The summed E-state index contributed by atoms with van der Waals surface area (Å²) in [5.74, 6) is 0.695. The number of alkyl halides is 1. The number of carbonyl (C=O) groups excluding carboxylic acids is 1. The Balaban J connectivity index is 2.51. The van der Waals surface area contributed by atoms with E-state index < -0.39 is 0 Å². The van der Waals surface area contributed by atoms with Crippen LogP contribution >= 0.6 is 11.6 Å². The smallest absolute Gasteiger partial charge is 0.243 e. The van der Waals surface area contributed by atoms with E-state index in [0.717, 1.165) is 16.9 Å². The minimum atomic E-state index is -0.346. The van der Waals surface area contributed by atoms with Gasteiger partial charge in [-0.05, 0) is 39.8 Å². The minimum absolute atomic E-state index is 0.0262. The molecule has 2 rings (SSSR count). The number of hydrogen-bond acceptors (Lipinski definition) is 2. The van der Waals surface area contributed by atoms with Gasteiger partial charge in [0.1, 0.15) is 11.9 Å². The molecule has 5 heteroatoms. The summed E-state index contributed by atoms with van der Waals surface area (Å²) < 4.78 is 1.92. The third-order valence-electron chi connectivity index (χ3n) is 3.18. The van der Waals surface area contributed by atoms with Crippen LogP contribution in [0.4, 0.5) is 0 Å². The van der Waals surface area contributed by atoms with Gasteiger partial charge in [0.2, 0.25) is 5.91 Å². The van der Waals surface area contributed by atoms with Crippen LogP contribution in [0.25, 0.3) is 11.0 Å². The van der Waals surface area contributed by atoms with Crippen LogP contribution in [0.15, 0.2) is 24.3 Å². The third kappa shape index (κ3) is 2.80. The fraction of sp³-hybridized carbons (Fsp3) is 0.467. The number of aromatic nitrogens is 2. The molecule has 0 aliphatic rings. The normalized spacial score (nSPS) is 14.5. The molecule has 1 aromatic carbocycles. The van der Waals surface area contributed by atoms with E-state index in [4.69, 9.17) is 11.6 Å². The molecule has 0 saturated heterocycles. The lowest BCUT2D eigenvalue weighted by atomic mass is 10.2.